The summed E-state index contributed by atoms with van der Waals surface area (Å²) < 4.78 is 3.88. The predicted molar refractivity (Wildman–Crippen MR) is 80.3 cm³/mol. The third kappa shape index (κ3) is 4.22. The molecule has 2 rings (SSSR count). The summed E-state index contributed by atoms with van der Waals surface area (Å²) in [6.45, 7) is 10.1. The van der Waals surface area contributed by atoms with Crippen molar-refractivity contribution in [3.8, 4) is 0 Å². The van der Waals surface area contributed by atoms with E-state index < -0.39 is 0 Å². The van der Waals surface area contributed by atoms with E-state index in [2.05, 4.69) is 25.1 Å². The maximum Gasteiger partial charge on any atom is 0.264 e. The highest BCUT2D eigenvalue weighted by Crippen LogP contribution is 2.19. The third-order valence-corrected chi connectivity index (χ3v) is 4.15. The standard InChI is InChI=1S/C13H23N5OS/c1-10(2)11-12(20-17-16-11)13(19)15-4-3-7-18-8-5-14-6-9-18/h10,14H,3-9H2,1-2H3,(H,15,19). The lowest BCUT2D eigenvalue weighted by Crippen LogP contribution is -2.44. The molecule has 1 fully saturated rings. The Morgan fingerprint density at radius 2 is 2.20 bits per heavy atom. The molecule has 1 saturated heterocycles. The summed E-state index contributed by atoms with van der Waals surface area (Å²) in [5.41, 5.74) is 0.801. The van der Waals surface area contributed by atoms with Gasteiger partial charge in [0.05, 0.1) is 5.69 Å². The summed E-state index contributed by atoms with van der Waals surface area (Å²) in [4.78, 5) is 15.2. The molecule has 0 aromatic carbocycles. The Kier molecular flexibility index (Phi) is 5.87. The van der Waals surface area contributed by atoms with Gasteiger partial charge in [0.15, 0.2) is 0 Å². The number of aromatic nitrogens is 2. The molecule has 0 saturated carbocycles. The highest BCUT2D eigenvalue weighted by Gasteiger charge is 2.18. The smallest absolute Gasteiger partial charge is 0.264 e. The lowest BCUT2D eigenvalue weighted by molar-refractivity contribution is 0.0954. The van der Waals surface area contributed by atoms with Gasteiger partial charge in [-0.05, 0) is 30.4 Å². The largest absolute Gasteiger partial charge is 0.351 e. The summed E-state index contributed by atoms with van der Waals surface area (Å²) in [5, 5.41) is 10.3. The van der Waals surface area contributed by atoms with E-state index >= 15 is 0 Å². The lowest BCUT2D eigenvalue weighted by Gasteiger charge is -2.27. The Bertz CT molecular complexity index is 428. The molecular weight excluding hydrogens is 274 g/mol. The first-order valence-electron chi connectivity index (χ1n) is 7.22. The van der Waals surface area contributed by atoms with Crippen molar-refractivity contribution in [2.24, 2.45) is 0 Å². The minimum Gasteiger partial charge on any atom is -0.351 e. The van der Waals surface area contributed by atoms with Crippen molar-refractivity contribution in [3.63, 3.8) is 0 Å². The molecule has 20 heavy (non-hydrogen) atoms. The van der Waals surface area contributed by atoms with Gasteiger partial charge in [-0.15, -0.1) is 5.10 Å². The first-order valence-corrected chi connectivity index (χ1v) is 7.99. The minimum absolute atomic E-state index is 0.0380. The molecule has 1 aromatic rings. The van der Waals surface area contributed by atoms with Crippen LogP contribution in [0.25, 0.3) is 0 Å². The fraction of sp³-hybridized carbons (Fsp3) is 0.769. The number of hydrogen-bond acceptors (Lipinski definition) is 6. The molecule has 0 atom stereocenters. The Balaban J connectivity index is 1.70. The molecule has 0 bridgehead atoms. The molecule has 1 aromatic heterocycles. The van der Waals surface area contributed by atoms with Crippen LogP contribution in [0.2, 0.25) is 0 Å². The van der Waals surface area contributed by atoms with Gasteiger partial charge in [0, 0.05) is 32.7 Å². The summed E-state index contributed by atoms with van der Waals surface area (Å²) in [6.07, 6.45) is 0.981. The number of rotatable bonds is 6. The molecule has 0 aliphatic carbocycles. The van der Waals surface area contributed by atoms with Gasteiger partial charge < -0.3 is 15.5 Å². The Morgan fingerprint density at radius 1 is 1.45 bits per heavy atom. The molecule has 2 heterocycles. The fourth-order valence-electron chi connectivity index (χ4n) is 2.25. The number of hydrogen-bond donors (Lipinski definition) is 2. The number of nitrogens with one attached hydrogen (secondary N) is 2. The molecule has 112 valence electrons. The maximum atomic E-state index is 12.1. The molecule has 6 nitrogen and oxygen atoms in total. The number of carbonyl (C=O) groups excluding carboxylic acids is 1. The molecule has 0 radical (unpaired) electrons. The molecular formula is C13H23N5OS. The lowest BCUT2D eigenvalue weighted by atomic mass is 10.1. The van der Waals surface area contributed by atoms with Gasteiger partial charge in [0.25, 0.3) is 5.91 Å². The highest BCUT2D eigenvalue weighted by atomic mass is 32.1. The summed E-state index contributed by atoms with van der Waals surface area (Å²) in [7, 11) is 0. The van der Waals surface area contributed by atoms with E-state index in [0.29, 0.717) is 11.4 Å². The topological polar surface area (TPSA) is 70.2 Å². The second kappa shape index (κ2) is 7.66. The van der Waals surface area contributed by atoms with E-state index in [-0.39, 0.29) is 11.8 Å². The second-order valence-corrected chi connectivity index (χ2v) is 6.10. The van der Waals surface area contributed by atoms with Gasteiger partial charge >= 0.3 is 0 Å². The number of carbonyl (C=O) groups is 1. The van der Waals surface area contributed by atoms with Crippen LogP contribution in [-0.2, 0) is 0 Å². The van der Waals surface area contributed by atoms with Gasteiger partial charge in [0.1, 0.15) is 4.88 Å². The van der Waals surface area contributed by atoms with Crippen molar-refractivity contribution in [3.05, 3.63) is 10.6 Å². The van der Waals surface area contributed by atoms with Crippen molar-refractivity contribution in [2.45, 2.75) is 26.2 Å². The van der Waals surface area contributed by atoms with Gasteiger partial charge in [-0.3, -0.25) is 4.79 Å². The molecule has 1 amide bonds. The van der Waals surface area contributed by atoms with E-state index in [4.69, 9.17) is 0 Å². The fourth-order valence-corrected chi connectivity index (χ4v) is 2.99. The first kappa shape index (κ1) is 15.3. The first-order chi connectivity index (χ1) is 9.68. The van der Waals surface area contributed by atoms with Crippen LogP contribution >= 0.6 is 11.5 Å². The van der Waals surface area contributed by atoms with E-state index in [0.717, 1.165) is 44.8 Å². The molecule has 1 aliphatic heterocycles. The van der Waals surface area contributed by atoms with Gasteiger partial charge in [-0.2, -0.15) is 0 Å². The summed E-state index contributed by atoms with van der Waals surface area (Å²) in [6, 6.07) is 0. The van der Waals surface area contributed by atoms with Crippen molar-refractivity contribution in [2.75, 3.05) is 39.3 Å². The van der Waals surface area contributed by atoms with Crippen LogP contribution in [-0.4, -0.2) is 59.7 Å². The van der Waals surface area contributed by atoms with Gasteiger partial charge in [-0.1, -0.05) is 18.3 Å². The molecule has 0 unspecified atom stereocenters. The van der Waals surface area contributed by atoms with Crippen LogP contribution in [0.1, 0.15) is 41.6 Å². The van der Waals surface area contributed by atoms with E-state index in [1.807, 2.05) is 13.8 Å². The number of amides is 1. The van der Waals surface area contributed by atoms with Crippen molar-refractivity contribution in [1.29, 1.82) is 0 Å². The molecule has 1 aliphatic rings. The average molecular weight is 297 g/mol. The van der Waals surface area contributed by atoms with Gasteiger partial charge in [0.2, 0.25) is 0 Å². The monoisotopic (exact) mass is 297 g/mol. The molecule has 0 spiro atoms. The van der Waals surface area contributed by atoms with Crippen molar-refractivity contribution in [1.82, 2.24) is 25.1 Å². The van der Waals surface area contributed by atoms with Crippen LogP contribution in [0, 0.1) is 0 Å². The van der Waals surface area contributed by atoms with E-state index in [1.54, 1.807) is 0 Å². The zero-order chi connectivity index (χ0) is 14.4. The third-order valence-electron chi connectivity index (χ3n) is 3.41. The van der Waals surface area contributed by atoms with Gasteiger partial charge in [-0.25, -0.2) is 0 Å². The van der Waals surface area contributed by atoms with Crippen molar-refractivity contribution < 1.29 is 4.79 Å². The molecule has 2 N–H and O–H groups in total. The summed E-state index contributed by atoms with van der Waals surface area (Å²) >= 11 is 1.18. The van der Waals surface area contributed by atoms with E-state index in [1.165, 1.54) is 11.5 Å². The zero-order valence-electron chi connectivity index (χ0n) is 12.2. The van der Waals surface area contributed by atoms with Crippen LogP contribution < -0.4 is 10.6 Å². The van der Waals surface area contributed by atoms with Crippen molar-refractivity contribution >= 4 is 17.4 Å². The van der Waals surface area contributed by atoms with Crippen LogP contribution in [0.15, 0.2) is 0 Å². The quantitative estimate of drug-likeness (QED) is 0.756. The second-order valence-electron chi connectivity index (χ2n) is 5.34. The van der Waals surface area contributed by atoms with Crippen LogP contribution in [0.4, 0.5) is 0 Å². The average Bonchev–Trinajstić information content (AvgIpc) is 2.94. The summed E-state index contributed by atoms with van der Waals surface area (Å²) in [5.74, 6) is 0.194. The minimum atomic E-state index is -0.0380. The Morgan fingerprint density at radius 3 is 2.90 bits per heavy atom. The normalized spacial score (nSPS) is 16.6. The highest BCUT2D eigenvalue weighted by molar-refractivity contribution is 7.08. The number of nitrogens with zero attached hydrogens (tertiary/aromatic N) is 3. The Hall–Kier alpha value is -1.05. The van der Waals surface area contributed by atoms with Crippen LogP contribution in [0.5, 0.6) is 0 Å². The van der Waals surface area contributed by atoms with E-state index in [9.17, 15) is 4.79 Å². The maximum absolute atomic E-state index is 12.1. The number of piperazine rings is 1. The predicted octanol–water partition coefficient (Wildman–Crippen LogP) is 0.687. The zero-order valence-corrected chi connectivity index (χ0v) is 13.0. The SMILES string of the molecule is CC(C)c1nnsc1C(=O)NCCCN1CCNCC1. The molecule has 7 heteroatoms. The van der Waals surface area contributed by atoms with Crippen LogP contribution in [0.3, 0.4) is 0 Å². The Labute approximate surface area is 124 Å².